The molecular formula is C26H27FN4O4. The molecule has 2 amide bonds. The summed E-state index contributed by atoms with van der Waals surface area (Å²) in [7, 11) is 0. The number of nitrogens with zero attached hydrogens (tertiary/aromatic N) is 3. The minimum atomic E-state index is -0.581. The van der Waals surface area contributed by atoms with Crippen molar-refractivity contribution in [3.63, 3.8) is 0 Å². The van der Waals surface area contributed by atoms with Gasteiger partial charge in [0, 0.05) is 43.4 Å². The fraction of sp³-hybridized carbons (Fsp3) is 0.385. The van der Waals surface area contributed by atoms with Crippen LogP contribution >= 0.6 is 0 Å². The molecule has 0 saturated carbocycles. The lowest BCUT2D eigenvalue weighted by Gasteiger charge is -2.59. The van der Waals surface area contributed by atoms with Crippen LogP contribution in [0.5, 0.6) is 0 Å². The van der Waals surface area contributed by atoms with Gasteiger partial charge in [-0.3, -0.25) is 9.59 Å². The van der Waals surface area contributed by atoms with Crippen LogP contribution < -0.4 is 5.56 Å². The first kappa shape index (κ1) is 23.0. The Morgan fingerprint density at radius 2 is 1.71 bits per heavy atom. The van der Waals surface area contributed by atoms with Gasteiger partial charge in [0.2, 0.25) is 0 Å². The lowest BCUT2D eigenvalue weighted by molar-refractivity contribution is -0.0981. The van der Waals surface area contributed by atoms with Crippen molar-refractivity contribution in [3.05, 3.63) is 75.5 Å². The number of carbonyl (C=O) groups excluding carboxylic acids is 2. The molecule has 0 aliphatic carbocycles. The van der Waals surface area contributed by atoms with E-state index in [0.29, 0.717) is 43.7 Å². The van der Waals surface area contributed by atoms with Crippen LogP contribution in [0, 0.1) is 11.2 Å². The van der Waals surface area contributed by atoms with Gasteiger partial charge in [-0.05, 0) is 44.5 Å². The van der Waals surface area contributed by atoms with Crippen molar-refractivity contribution in [2.24, 2.45) is 5.41 Å². The maximum absolute atomic E-state index is 14.6. The number of carbonyl (C=O) groups is 2. The molecule has 2 fully saturated rings. The first-order valence-corrected chi connectivity index (χ1v) is 11.6. The number of hydrogen-bond acceptors (Lipinski definition) is 5. The number of likely N-dealkylation sites (tertiary alicyclic amines) is 2. The Bertz CT molecular complexity index is 1380. The zero-order valence-electron chi connectivity index (χ0n) is 19.9. The molecule has 9 heteroatoms. The second kappa shape index (κ2) is 8.18. The van der Waals surface area contributed by atoms with Crippen LogP contribution in [0.25, 0.3) is 10.8 Å². The van der Waals surface area contributed by atoms with Crippen LogP contribution in [-0.2, 0) is 11.2 Å². The number of amides is 2. The SMILES string of the molecule is CC(C)(C)OC(=O)N1CC2(C1)CN(C(=O)c1cc(Cc3n[nH]c(=O)c4ccccc34)ccc1F)C2. The first-order chi connectivity index (χ1) is 16.5. The third kappa shape index (κ3) is 4.38. The molecule has 8 nitrogen and oxygen atoms in total. The number of hydrogen-bond donors (Lipinski definition) is 1. The van der Waals surface area contributed by atoms with Gasteiger partial charge in [-0.1, -0.05) is 24.3 Å². The fourth-order valence-electron chi connectivity index (χ4n) is 4.84. The van der Waals surface area contributed by atoms with Crippen molar-refractivity contribution >= 4 is 22.8 Å². The monoisotopic (exact) mass is 478 g/mol. The molecule has 182 valence electrons. The van der Waals surface area contributed by atoms with E-state index in [1.165, 1.54) is 6.07 Å². The van der Waals surface area contributed by atoms with Crippen LogP contribution in [0.15, 0.2) is 47.3 Å². The third-order valence-electron chi connectivity index (χ3n) is 6.45. The number of benzene rings is 2. The van der Waals surface area contributed by atoms with Gasteiger partial charge in [-0.25, -0.2) is 14.3 Å². The van der Waals surface area contributed by atoms with Gasteiger partial charge in [0.15, 0.2) is 0 Å². The minimum Gasteiger partial charge on any atom is -0.444 e. The summed E-state index contributed by atoms with van der Waals surface area (Å²) in [6.45, 7) is 7.47. The molecule has 2 aromatic carbocycles. The second-order valence-corrected chi connectivity index (χ2v) is 10.5. The highest BCUT2D eigenvalue weighted by Gasteiger charge is 2.55. The zero-order valence-corrected chi connectivity index (χ0v) is 19.9. The van der Waals surface area contributed by atoms with Crippen LogP contribution in [0.4, 0.5) is 9.18 Å². The van der Waals surface area contributed by atoms with Crippen molar-refractivity contribution in [1.82, 2.24) is 20.0 Å². The van der Waals surface area contributed by atoms with E-state index in [1.54, 1.807) is 34.1 Å². The van der Waals surface area contributed by atoms with Crippen molar-refractivity contribution < 1.29 is 18.7 Å². The van der Waals surface area contributed by atoms with Gasteiger partial charge in [0.05, 0.1) is 16.6 Å². The molecule has 35 heavy (non-hydrogen) atoms. The summed E-state index contributed by atoms with van der Waals surface area (Å²) in [4.78, 5) is 40.5. The highest BCUT2D eigenvalue weighted by atomic mass is 19.1. The van der Waals surface area contributed by atoms with Crippen molar-refractivity contribution in [2.45, 2.75) is 32.8 Å². The van der Waals surface area contributed by atoms with E-state index >= 15 is 0 Å². The van der Waals surface area contributed by atoms with Crippen molar-refractivity contribution in [2.75, 3.05) is 26.2 Å². The quantitative estimate of drug-likeness (QED) is 0.623. The Morgan fingerprint density at radius 1 is 1.06 bits per heavy atom. The molecule has 1 N–H and O–H groups in total. The molecular weight excluding hydrogens is 451 g/mol. The number of fused-ring (bicyclic) bond motifs is 1. The molecule has 0 radical (unpaired) electrons. The number of aromatic amines is 1. The minimum absolute atomic E-state index is 0.00871. The molecule has 2 aliphatic heterocycles. The predicted molar refractivity (Wildman–Crippen MR) is 128 cm³/mol. The molecule has 2 aliphatic rings. The Balaban J connectivity index is 1.26. The molecule has 1 aromatic heterocycles. The highest BCUT2D eigenvalue weighted by Crippen LogP contribution is 2.41. The van der Waals surface area contributed by atoms with Gasteiger partial charge in [0.25, 0.3) is 11.5 Å². The van der Waals surface area contributed by atoms with Crippen LogP contribution in [0.3, 0.4) is 0 Å². The average Bonchev–Trinajstić information content (AvgIpc) is 2.74. The standard InChI is InChI=1S/C26H27FN4O4/c1-25(2,3)35-24(34)31-14-26(15-31)12-30(13-26)23(33)19-10-16(8-9-20(19)27)11-21-17-6-4-5-7-18(17)22(32)29-28-21/h4-10H,11-15H2,1-3H3,(H,29,32). The molecule has 0 bridgehead atoms. The molecule has 3 heterocycles. The van der Waals surface area contributed by atoms with E-state index in [9.17, 15) is 18.8 Å². The Labute approximate surface area is 201 Å². The molecule has 2 saturated heterocycles. The van der Waals surface area contributed by atoms with E-state index in [-0.39, 0.29) is 28.5 Å². The molecule has 3 aromatic rings. The normalized spacial score (nSPS) is 16.7. The van der Waals surface area contributed by atoms with Crippen LogP contribution in [0.2, 0.25) is 0 Å². The van der Waals surface area contributed by atoms with Gasteiger partial charge in [0.1, 0.15) is 11.4 Å². The first-order valence-electron chi connectivity index (χ1n) is 11.6. The van der Waals surface area contributed by atoms with Crippen molar-refractivity contribution in [3.8, 4) is 0 Å². The number of ether oxygens (including phenoxy) is 1. The number of halogens is 1. The Kier molecular flexibility index (Phi) is 5.38. The Morgan fingerprint density at radius 3 is 2.40 bits per heavy atom. The van der Waals surface area contributed by atoms with E-state index in [4.69, 9.17) is 4.74 Å². The van der Waals surface area contributed by atoms with E-state index in [2.05, 4.69) is 10.2 Å². The van der Waals surface area contributed by atoms with Crippen LogP contribution in [0.1, 0.15) is 42.4 Å². The van der Waals surface area contributed by atoms with Crippen molar-refractivity contribution in [1.29, 1.82) is 0 Å². The number of rotatable bonds is 3. The van der Waals surface area contributed by atoms with E-state index in [1.807, 2.05) is 32.9 Å². The topological polar surface area (TPSA) is 95.6 Å². The van der Waals surface area contributed by atoms with Gasteiger partial charge >= 0.3 is 6.09 Å². The Hall–Kier alpha value is -3.75. The summed E-state index contributed by atoms with van der Waals surface area (Å²) >= 11 is 0. The third-order valence-corrected chi connectivity index (χ3v) is 6.45. The smallest absolute Gasteiger partial charge is 0.410 e. The summed E-state index contributed by atoms with van der Waals surface area (Å²) in [5.41, 5.74) is 0.404. The molecule has 5 rings (SSSR count). The molecule has 0 atom stereocenters. The summed E-state index contributed by atoms with van der Waals surface area (Å²) in [5, 5.41) is 7.93. The summed E-state index contributed by atoms with van der Waals surface area (Å²) in [5.74, 6) is -0.951. The zero-order chi connectivity index (χ0) is 25.0. The van der Waals surface area contributed by atoms with Gasteiger partial charge in [-0.15, -0.1) is 0 Å². The summed E-state index contributed by atoms with van der Waals surface area (Å²) < 4.78 is 20.0. The largest absolute Gasteiger partial charge is 0.444 e. The number of aromatic nitrogens is 2. The van der Waals surface area contributed by atoms with Gasteiger partial charge in [-0.2, -0.15) is 5.10 Å². The summed E-state index contributed by atoms with van der Waals surface area (Å²) in [6.07, 6.45) is -0.0119. The van der Waals surface area contributed by atoms with E-state index < -0.39 is 11.4 Å². The van der Waals surface area contributed by atoms with Crippen LogP contribution in [-0.4, -0.2) is 63.8 Å². The maximum Gasteiger partial charge on any atom is 0.410 e. The molecule has 0 unspecified atom stereocenters. The molecule has 1 spiro atoms. The number of nitrogens with one attached hydrogen (secondary N) is 1. The summed E-state index contributed by atoms with van der Waals surface area (Å²) in [6, 6.07) is 11.6. The highest BCUT2D eigenvalue weighted by molar-refractivity contribution is 5.95. The maximum atomic E-state index is 14.6. The number of H-pyrrole nitrogens is 1. The lowest BCUT2D eigenvalue weighted by atomic mass is 9.73. The lowest BCUT2D eigenvalue weighted by Crippen LogP contribution is -2.73. The average molecular weight is 479 g/mol. The fourth-order valence-corrected chi connectivity index (χ4v) is 4.84. The predicted octanol–water partition coefficient (Wildman–Crippen LogP) is 3.35. The van der Waals surface area contributed by atoms with E-state index in [0.717, 1.165) is 10.9 Å². The van der Waals surface area contributed by atoms with Gasteiger partial charge < -0.3 is 14.5 Å². The second-order valence-electron chi connectivity index (χ2n) is 10.5.